The maximum absolute atomic E-state index is 12.0. The Morgan fingerprint density at radius 3 is 2.42 bits per heavy atom. The molecular weight excluding hydrogens is 248 g/mol. The van der Waals surface area contributed by atoms with Gasteiger partial charge < -0.3 is 20.4 Å². The first kappa shape index (κ1) is 15.8. The number of amides is 2. The van der Waals surface area contributed by atoms with Gasteiger partial charge in [0.2, 0.25) is 0 Å². The number of nitrogens with one attached hydrogen (secondary N) is 1. The second-order valence-electron chi connectivity index (χ2n) is 5.55. The van der Waals surface area contributed by atoms with Gasteiger partial charge in [-0.05, 0) is 26.2 Å². The fourth-order valence-electron chi connectivity index (χ4n) is 2.49. The number of aliphatic hydroxyl groups excluding tert-OH is 1. The molecule has 2 amide bonds. The summed E-state index contributed by atoms with van der Waals surface area (Å²) in [5.41, 5.74) is -0.595. The fourth-order valence-corrected chi connectivity index (χ4v) is 2.49. The number of carboxylic acid groups (broad SMARTS) is 1. The highest BCUT2D eigenvalue weighted by molar-refractivity contribution is 5.76. The first-order chi connectivity index (χ1) is 8.84. The molecule has 6 heteroatoms. The van der Waals surface area contributed by atoms with Crippen LogP contribution in [-0.4, -0.2) is 52.3 Å². The van der Waals surface area contributed by atoms with Gasteiger partial charge >= 0.3 is 12.0 Å². The second kappa shape index (κ2) is 6.75. The first-order valence-corrected chi connectivity index (χ1v) is 6.78. The predicted octanol–water partition coefficient (Wildman–Crippen LogP) is 1.19. The van der Waals surface area contributed by atoms with E-state index in [-0.39, 0.29) is 12.5 Å². The van der Waals surface area contributed by atoms with E-state index in [1.165, 1.54) is 4.90 Å². The molecule has 3 N–H and O–H groups in total. The summed E-state index contributed by atoms with van der Waals surface area (Å²) < 4.78 is 0. The molecule has 0 heterocycles. The summed E-state index contributed by atoms with van der Waals surface area (Å²) in [5.74, 6) is -0.881. The molecule has 0 saturated heterocycles. The zero-order valence-corrected chi connectivity index (χ0v) is 11.7. The minimum atomic E-state index is -0.881. The fraction of sp³-hybridized carbons (Fsp3) is 0.846. The number of carbonyl (C=O) groups is 2. The van der Waals surface area contributed by atoms with E-state index in [0.717, 1.165) is 25.7 Å². The lowest BCUT2D eigenvalue weighted by Crippen LogP contribution is -2.52. The third-order valence-corrected chi connectivity index (χ3v) is 3.65. The Morgan fingerprint density at radius 1 is 1.37 bits per heavy atom. The number of urea groups is 1. The van der Waals surface area contributed by atoms with Crippen molar-refractivity contribution in [2.24, 2.45) is 0 Å². The molecule has 0 bridgehead atoms. The van der Waals surface area contributed by atoms with E-state index in [1.807, 2.05) is 0 Å². The number of carboxylic acids is 1. The van der Waals surface area contributed by atoms with Crippen molar-refractivity contribution in [1.82, 2.24) is 10.2 Å². The minimum Gasteiger partial charge on any atom is -0.481 e. The largest absolute Gasteiger partial charge is 0.481 e. The monoisotopic (exact) mass is 272 g/mol. The number of rotatable bonds is 6. The van der Waals surface area contributed by atoms with E-state index in [4.69, 9.17) is 5.11 Å². The highest BCUT2D eigenvalue weighted by Gasteiger charge is 2.38. The van der Waals surface area contributed by atoms with Crippen LogP contribution in [0.5, 0.6) is 0 Å². The summed E-state index contributed by atoms with van der Waals surface area (Å²) in [7, 11) is 1.65. The van der Waals surface area contributed by atoms with Crippen LogP contribution in [0, 0.1) is 0 Å². The highest BCUT2D eigenvalue weighted by atomic mass is 16.4. The molecule has 110 valence electrons. The van der Waals surface area contributed by atoms with Crippen molar-refractivity contribution in [3.8, 4) is 0 Å². The lowest BCUT2D eigenvalue weighted by molar-refractivity contribution is -0.138. The number of nitrogens with zero attached hydrogens (tertiary/aromatic N) is 1. The van der Waals surface area contributed by atoms with Gasteiger partial charge in [-0.1, -0.05) is 12.8 Å². The Kier molecular flexibility index (Phi) is 5.60. The van der Waals surface area contributed by atoms with Crippen molar-refractivity contribution in [2.75, 3.05) is 13.6 Å². The summed E-state index contributed by atoms with van der Waals surface area (Å²) >= 11 is 0. The van der Waals surface area contributed by atoms with Crippen LogP contribution in [0.15, 0.2) is 0 Å². The quantitative estimate of drug-likeness (QED) is 0.677. The van der Waals surface area contributed by atoms with E-state index >= 15 is 0 Å². The average Bonchev–Trinajstić information content (AvgIpc) is 2.72. The topological polar surface area (TPSA) is 89.9 Å². The van der Waals surface area contributed by atoms with Crippen molar-refractivity contribution in [1.29, 1.82) is 0 Å². The Labute approximate surface area is 113 Å². The molecule has 1 atom stereocenters. The van der Waals surface area contributed by atoms with Crippen molar-refractivity contribution in [3.63, 3.8) is 0 Å². The molecule has 0 aromatic carbocycles. The number of carbonyl (C=O) groups excluding carboxylic acids is 1. The summed E-state index contributed by atoms with van der Waals surface area (Å²) in [6, 6.07) is -0.260. The highest BCUT2D eigenvalue weighted by Crippen LogP contribution is 2.32. The van der Waals surface area contributed by atoms with Gasteiger partial charge in [0.05, 0.1) is 18.1 Å². The molecular formula is C13H24N2O4. The van der Waals surface area contributed by atoms with E-state index in [2.05, 4.69) is 5.32 Å². The van der Waals surface area contributed by atoms with Gasteiger partial charge in [-0.25, -0.2) is 4.79 Å². The van der Waals surface area contributed by atoms with Crippen molar-refractivity contribution in [3.05, 3.63) is 0 Å². The van der Waals surface area contributed by atoms with Crippen LogP contribution in [0.4, 0.5) is 4.79 Å². The van der Waals surface area contributed by atoms with Crippen LogP contribution >= 0.6 is 0 Å². The zero-order valence-electron chi connectivity index (χ0n) is 11.7. The number of aliphatic carboxylic acids is 1. The Bertz CT molecular complexity index is 325. The van der Waals surface area contributed by atoms with Gasteiger partial charge in [0.15, 0.2) is 0 Å². The van der Waals surface area contributed by atoms with Crippen LogP contribution in [0.3, 0.4) is 0 Å². The standard InChI is InChI=1S/C13H24N2O4/c1-10(16)5-8-15(2)12(19)14-13(9-11(17)18)6-3-4-7-13/h10,16H,3-9H2,1-2H3,(H,14,19)(H,17,18). The van der Waals surface area contributed by atoms with Crippen molar-refractivity contribution < 1.29 is 19.8 Å². The Hall–Kier alpha value is -1.30. The van der Waals surface area contributed by atoms with E-state index in [9.17, 15) is 14.7 Å². The SMILES string of the molecule is CC(O)CCN(C)C(=O)NC1(CC(=O)O)CCCC1. The van der Waals surface area contributed by atoms with Gasteiger partial charge in [0.1, 0.15) is 0 Å². The second-order valence-corrected chi connectivity index (χ2v) is 5.55. The smallest absolute Gasteiger partial charge is 0.317 e. The third kappa shape index (κ3) is 5.06. The number of aliphatic hydroxyl groups is 1. The minimum absolute atomic E-state index is 0.0248. The molecule has 1 saturated carbocycles. The Morgan fingerprint density at radius 2 is 1.95 bits per heavy atom. The summed E-state index contributed by atoms with van der Waals surface area (Å²) in [5, 5.41) is 21.0. The number of hydrogen-bond acceptors (Lipinski definition) is 3. The molecule has 0 radical (unpaired) electrons. The van der Waals surface area contributed by atoms with E-state index in [1.54, 1.807) is 14.0 Å². The molecule has 1 aliphatic rings. The van der Waals surface area contributed by atoms with E-state index in [0.29, 0.717) is 13.0 Å². The van der Waals surface area contributed by atoms with Gasteiger partial charge in [-0.2, -0.15) is 0 Å². The maximum Gasteiger partial charge on any atom is 0.317 e. The normalized spacial score (nSPS) is 18.9. The molecule has 1 fully saturated rings. The van der Waals surface area contributed by atoms with Crippen LogP contribution in [0.25, 0.3) is 0 Å². The summed E-state index contributed by atoms with van der Waals surface area (Å²) in [4.78, 5) is 24.5. The van der Waals surface area contributed by atoms with Crippen LogP contribution in [-0.2, 0) is 4.79 Å². The lowest BCUT2D eigenvalue weighted by atomic mass is 9.93. The zero-order chi connectivity index (χ0) is 14.5. The molecule has 6 nitrogen and oxygen atoms in total. The molecule has 0 aromatic heterocycles. The first-order valence-electron chi connectivity index (χ1n) is 6.78. The molecule has 1 unspecified atom stereocenters. The average molecular weight is 272 g/mol. The molecule has 1 rings (SSSR count). The van der Waals surface area contributed by atoms with Crippen LogP contribution < -0.4 is 5.32 Å². The van der Waals surface area contributed by atoms with Crippen molar-refractivity contribution in [2.45, 2.75) is 57.1 Å². The van der Waals surface area contributed by atoms with Crippen molar-refractivity contribution >= 4 is 12.0 Å². The third-order valence-electron chi connectivity index (χ3n) is 3.65. The predicted molar refractivity (Wildman–Crippen MR) is 70.9 cm³/mol. The number of hydrogen-bond donors (Lipinski definition) is 3. The summed E-state index contributed by atoms with van der Waals surface area (Å²) in [6.45, 7) is 2.13. The molecule has 19 heavy (non-hydrogen) atoms. The molecule has 0 spiro atoms. The van der Waals surface area contributed by atoms with Gasteiger partial charge in [0, 0.05) is 13.6 Å². The molecule has 0 aromatic rings. The molecule has 0 aliphatic heterocycles. The van der Waals surface area contributed by atoms with Gasteiger partial charge in [-0.15, -0.1) is 0 Å². The molecule has 1 aliphatic carbocycles. The Balaban J connectivity index is 2.54. The van der Waals surface area contributed by atoms with E-state index < -0.39 is 17.6 Å². The van der Waals surface area contributed by atoms with Crippen LogP contribution in [0.2, 0.25) is 0 Å². The van der Waals surface area contributed by atoms with Crippen LogP contribution in [0.1, 0.15) is 45.4 Å². The van der Waals surface area contributed by atoms with Gasteiger partial charge in [0.25, 0.3) is 0 Å². The maximum atomic E-state index is 12.0. The van der Waals surface area contributed by atoms with Gasteiger partial charge in [-0.3, -0.25) is 4.79 Å². The summed E-state index contributed by atoms with van der Waals surface area (Å²) in [6.07, 6.45) is 3.37. The lowest BCUT2D eigenvalue weighted by Gasteiger charge is -2.31.